The van der Waals surface area contributed by atoms with Crippen LogP contribution in [-0.4, -0.2) is 51.7 Å². The smallest absolute Gasteiger partial charge is 0.407 e. The minimum Gasteiger partial charge on any atom is -0.446 e. The third-order valence-corrected chi connectivity index (χ3v) is 6.77. The summed E-state index contributed by atoms with van der Waals surface area (Å²) in [5, 5.41) is 16.7. The van der Waals surface area contributed by atoms with Crippen LogP contribution < -0.4 is 10.6 Å². The molecule has 1 spiro atoms. The van der Waals surface area contributed by atoms with Crippen molar-refractivity contribution in [3.05, 3.63) is 29.3 Å². The molecule has 3 fully saturated rings. The van der Waals surface area contributed by atoms with E-state index in [0.717, 1.165) is 49.9 Å². The number of aryl methyl sites for hydroxylation is 1. The Morgan fingerprint density at radius 3 is 2.91 bits per heavy atom. The maximum Gasteiger partial charge on any atom is 0.407 e. The van der Waals surface area contributed by atoms with Gasteiger partial charge >= 0.3 is 6.09 Å². The molecular formula is C22H29N5O5. The van der Waals surface area contributed by atoms with E-state index >= 15 is 0 Å². The number of anilines is 1. The predicted molar refractivity (Wildman–Crippen MR) is 113 cm³/mol. The van der Waals surface area contributed by atoms with Gasteiger partial charge in [0.2, 0.25) is 5.91 Å². The number of alkyl carbamates (subject to hydrolysis) is 1. The zero-order valence-electron chi connectivity index (χ0n) is 18.2. The molecule has 2 amide bonds. The first-order chi connectivity index (χ1) is 15.5. The van der Waals surface area contributed by atoms with Gasteiger partial charge in [-0.2, -0.15) is 5.10 Å². The second kappa shape index (κ2) is 8.57. The van der Waals surface area contributed by atoms with Crippen molar-refractivity contribution < 1.29 is 23.6 Å². The Balaban J connectivity index is 1.06. The fourth-order valence-corrected chi connectivity index (χ4v) is 4.99. The van der Waals surface area contributed by atoms with E-state index in [1.165, 1.54) is 6.42 Å². The average Bonchev–Trinajstić information content (AvgIpc) is 3.49. The number of hydrogen-bond donors (Lipinski definition) is 3. The summed E-state index contributed by atoms with van der Waals surface area (Å²) in [5.41, 5.74) is 1.68. The van der Waals surface area contributed by atoms with Crippen molar-refractivity contribution in [2.45, 2.75) is 82.0 Å². The molecule has 3 atom stereocenters. The van der Waals surface area contributed by atoms with Gasteiger partial charge in [-0.05, 0) is 51.9 Å². The summed E-state index contributed by atoms with van der Waals surface area (Å²) in [5.74, 6) is 0.963. The topological polar surface area (TPSA) is 131 Å². The number of nitrogens with one attached hydrogen (secondary N) is 3. The van der Waals surface area contributed by atoms with Crippen LogP contribution in [0.15, 0.2) is 16.7 Å². The van der Waals surface area contributed by atoms with Crippen LogP contribution in [0.3, 0.4) is 0 Å². The minimum atomic E-state index is -0.360. The number of carbonyl (C=O) groups is 2. The highest BCUT2D eigenvalue weighted by Crippen LogP contribution is 2.43. The largest absolute Gasteiger partial charge is 0.446 e. The van der Waals surface area contributed by atoms with E-state index in [1.54, 1.807) is 13.0 Å². The van der Waals surface area contributed by atoms with E-state index in [2.05, 4.69) is 26.0 Å². The van der Waals surface area contributed by atoms with Gasteiger partial charge < -0.3 is 24.6 Å². The molecule has 1 aliphatic heterocycles. The number of hydrogen-bond acceptors (Lipinski definition) is 7. The molecule has 0 unspecified atom stereocenters. The fourth-order valence-electron chi connectivity index (χ4n) is 4.99. The van der Waals surface area contributed by atoms with Crippen LogP contribution in [0.1, 0.15) is 68.0 Å². The first-order valence-electron chi connectivity index (χ1n) is 11.3. The van der Waals surface area contributed by atoms with Gasteiger partial charge in [0.25, 0.3) is 0 Å². The summed E-state index contributed by atoms with van der Waals surface area (Å²) in [6.07, 6.45) is 6.31. The van der Waals surface area contributed by atoms with Crippen molar-refractivity contribution in [1.82, 2.24) is 20.7 Å². The molecule has 2 aromatic heterocycles. The third-order valence-electron chi connectivity index (χ3n) is 6.77. The van der Waals surface area contributed by atoms with Gasteiger partial charge in [0, 0.05) is 23.7 Å². The van der Waals surface area contributed by atoms with Gasteiger partial charge in [-0.25, -0.2) is 4.79 Å². The number of aromatic amines is 1. The number of nitrogens with zero attached hydrogens (tertiary/aromatic N) is 2. The molecule has 172 valence electrons. The summed E-state index contributed by atoms with van der Waals surface area (Å²) >= 11 is 0. The Labute approximate surface area is 185 Å². The highest BCUT2D eigenvalue weighted by Gasteiger charge is 2.45. The Morgan fingerprint density at radius 1 is 1.31 bits per heavy atom. The molecule has 0 aromatic carbocycles. The molecule has 2 saturated carbocycles. The van der Waals surface area contributed by atoms with Crippen molar-refractivity contribution in [3.63, 3.8) is 0 Å². The van der Waals surface area contributed by atoms with Gasteiger partial charge in [0.05, 0.1) is 30.4 Å². The maximum absolute atomic E-state index is 12.3. The summed E-state index contributed by atoms with van der Waals surface area (Å²) in [6, 6.07) is 3.61. The van der Waals surface area contributed by atoms with Crippen molar-refractivity contribution in [1.29, 1.82) is 0 Å². The quantitative estimate of drug-likeness (QED) is 0.625. The molecule has 5 rings (SSSR count). The number of rotatable bonds is 6. The minimum absolute atomic E-state index is 0.0118. The van der Waals surface area contributed by atoms with Crippen LogP contribution in [0, 0.1) is 6.92 Å². The predicted octanol–water partition coefficient (Wildman–Crippen LogP) is 2.96. The van der Waals surface area contributed by atoms with E-state index < -0.39 is 0 Å². The number of H-pyrrole nitrogens is 1. The number of aromatic nitrogens is 3. The van der Waals surface area contributed by atoms with Crippen LogP contribution >= 0.6 is 0 Å². The molecular weight excluding hydrogens is 414 g/mol. The van der Waals surface area contributed by atoms with Gasteiger partial charge in [0.1, 0.15) is 11.9 Å². The lowest BCUT2D eigenvalue weighted by Crippen LogP contribution is -2.40. The molecule has 0 bridgehead atoms. The van der Waals surface area contributed by atoms with E-state index in [9.17, 15) is 9.59 Å². The molecule has 3 aliphatic rings. The van der Waals surface area contributed by atoms with Gasteiger partial charge in [0.15, 0.2) is 5.82 Å². The lowest BCUT2D eigenvalue weighted by molar-refractivity contribution is -0.115. The normalized spacial score (nSPS) is 26.1. The first-order valence-corrected chi connectivity index (χ1v) is 11.3. The Hall–Kier alpha value is -2.88. The highest BCUT2D eigenvalue weighted by atomic mass is 16.6. The Morgan fingerprint density at radius 2 is 2.19 bits per heavy atom. The molecule has 3 heterocycles. The van der Waals surface area contributed by atoms with E-state index in [1.807, 2.05) is 6.07 Å². The van der Waals surface area contributed by atoms with Crippen molar-refractivity contribution in [2.75, 3.05) is 11.9 Å². The molecule has 10 nitrogen and oxygen atoms in total. The van der Waals surface area contributed by atoms with Crippen molar-refractivity contribution >= 4 is 17.8 Å². The Bertz CT molecular complexity index is 981. The lowest BCUT2D eigenvalue weighted by atomic mass is 9.77. The fraction of sp³-hybridized carbons (Fsp3) is 0.636. The summed E-state index contributed by atoms with van der Waals surface area (Å²) in [7, 11) is 0. The van der Waals surface area contributed by atoms with Crippen LogP contribution in [0.2, 0.25) is 0 Å². The number of carbonyl (C=O) groups excluding carboxylic acids is 2. The SMILES string of the molecule is Cc1cc(CC(=O)Nc2cc([C@H]3CC[C@@H](OC(=O)N[C@H]4COC5(CCC5)C4)C3)[nH]n2)on1. The lowest BCUT2D eigenvalue weighted by Gasteiger charge is -2.37. The molecule has 10 heteroatoms. The molecule has 3 N–H and O–H groups in total. The Kier molecular flexibility index (Phi) is 5.62. The molecule has 32 heavy (non-hydrogen) atoms. The summed E-state index contributed by atoms with van der Waals surface area (Å²) in [4.78, 5) is 24.5. The zero-order valence-corrected chi connectivity index (χ0v) is 18.2. The van der Waals surface area contributed by atoms with Crippen LogP contribution in [0.5, 0.6) is 0 Å². The average molecular weight is 444 g/mol. The summed E-state index contributed by atoms with van der Waals surface area (Å²) in [6.45, 7) is 2.38. The zero-order chi connectivity index (χ0) is 22.1. The van der Waals surface area contributed by atoms with E-state index in [0.29, 0.717) is 18.2 Å². The second-order valence-electron chi connectivity index (χ2n) is 9.30. The van der Waals surface area contributed by atoms with E-state index in [-0.39, 0.29) is 42.1 Å². The summed E-state index contributed by atoms with van der Waals surface area (Å²) < 4.78 is 16.6. The molecule has 0 radical (unpaired) electrons. The van der Waals surface area contributed by atoms with Crippen molar-refractivity contribution in [2.24, 2.45) is 0 Å². The van der Waals surface area contributed by atoms with Gasteiger partial charge in [-0.3, -0.25) is 9.89 Å². The van der Waals surface area contributed by atoms with Crippen LogP contribution in [0.4, 0.5) is 10.6 Å². The standard InChI is InChI=1S/C22H29N5O5/c1-13-7-17(32-27-13)9-20(28)24-19-10-18(25-26-19)14-3-4-16(8-14)31-21(29)23-15-11-22(30-12-15)5-2-6-22/h7,10,14-16H,2-6,8-9,11-12H2,1H3,(H,23,29)(H2,24,25,26,28)/t14-,15+,16+/m0/s1. The van der Waals surface area contributed by atoms with Gasteiger partial charge in [-0.15, -0.1) is 0 Å². The monoisotopic (exact) mass is 443 g/mol. The van der Waals surface area contributed by atoms with Crippen molar-refractivity contribution in [3.8, 4) is 0 Å². The van der Waals surface area contributed by atoms with Gasteiger partial charge in [-0.1, -0.05) is 5.16 Å². The van der Waals surface area contributed by atoms with E-state index in [4.69, 9.17) is 14.0 Å². The van der Waals surface area contributed by atoms with Crippen LogP contribution in [-0.2, 0) is 20.7 Å². The molecule has 2 aliphatic carbocycles. The maximum atomic E-state index is 12.3. The third kappa shape index (κ3) is 4.64. The first kappa shape index (κ1) is 21.0. The second-order valence-corrected chi connectivity index (χ2v) is 9.30. The number of amides is 2. The highest BCUT2D eigenvalue weighted by molar-refractivity contribution is 5.91. The molecule has 2 aromatic rings. The number of ether oxygens (including phenoxy) is 2. The van der Waals surface area contributed by atoms with Crippen LogP contribution in [0.25, 0.3) is 0 Å². The molecule has 1 saturated heterocycles.